The van der Waals surface area contributed by atoms with E-state index in [1.54, 1.807) is 11.3 Å². The predicted octanol–water partition coefficient (Wildman–Crippen LogP) is 2.81. The molecule has 2 heterocycles. The van der Waals surface area contributed by atoms with Gasteiger partial charge in [-0.1, -0.05) is 6.92 Å². The highest BCUT2D eigenvalue weighted by Crippen LogP contribution is 2.28. The van der Waals surface area contributed by atoms with E-state index in [9.17, 15) is 9.90 Å². The minimum absolute atomic E-state index is 0.250. The molecule has 0 amide bonds. The van der Waals surface area contributed by atoms with Gasteiger partial charge in [0.15, 0.2) is 0 Å². The highest BCUT2D eigenvalue weighted by molar-refractivity contribution is 9.11. The van der Waals surface area contributed by atoms with Crippen LogP contribution in [-0.4, -0.2) is 28.6 Å². The first kappa shape index (κ1) is 12.1. The van der Waals surface area contributed by atoms with E-state index >= 15 is 0 Å². The number of nitrogens with zero attached hydrogens (tertiary/aromatic N) is 1. The topological polar surface area (TPSA) is 40.5 Å². The van der Waals surface area contributed by atoms with Gasteiger partial charge in [0.2, 0.25) is 0 Å². The van der Waals surface area contributed by atoms with Crippen molar-refractivity contribution in [2.45, 2.75) is 25.9 Å². The summed E-state index contributed by atoms with van der Waals surface area (Å²) in [5.41, 5.74) is 1.19. The summed E-state index contributed by atoms with van der Waals surface area (Å²) in [4.78, 5) is 13.2. The fraction of sp³-hybridized carbons (Fsp3) is 0.545. The molecule has 5 heteroatoms. The van der Waals surface area contributed by atoms with Crippen LogP contribution in [-0.2, 0) is 11.3 Å². The zero-order valence-corrected chi connectivity index (χ0v) is 11.4. The fourth-order valence-corrected chi connectivity index (χ4v) is 3.47. The number of hydrogen-bond acceptors (Lipinski definition) is 3. The van der Waals surface area contributed by atoms with Crippen molar-refractivity contribution in [3.8, 4) is 0 Å². The summed E-state index contributed by atoms with van der Waals surface area (Å²) in [6.07, 6.45) is 0.974. The van der Waals surface area contributed by atoms with Crippen molar-refractivity contribution >= 4 is 33.2 Å². The summed E-state index contributed by atoms with van der Waals surface area (Å²) >= 11 is 5.06. The summed E-state index contributed by atoms with van der Waals surface area (Å²) in [7, 11) is 0. The second-order valence-electron chi connectivity index (χ2n) is 4.28. The molecule has 1 aliphatic heterocycles. The number of thiophene rings is 1. The first-order valence-electron chi connectivity index (χ1n) is 5.27. The van der Waals surface area contributed by atoms with Crippen LogP contribution in [0.4, 0.5) is 0 Å². The van der Waals surface area contributed by atoms with Gasteiger partial charge in [-0.05, 0) is 51.8 Å². The number of likely N-dealkylation sites (tertiary alicyclic amines) is 1. The van der Waals surface area contributed by atoms with Crippen molar-refractivity contribution in [3.05, 3.63) is 20.8 Å². The lowest BCUT2D eigenvalue weighted by atomic mass is 10.0. The summed E-state index contributed by atoms with van der Waals surface area (Å²) in [6.45, 7) is 3.64. The Balaban J connectivity index is 2.07. The SMILES string of the molecule is CC1CCN(Cc2csc(Br)c2)C1C(=O)O. The van der Waals surface area contributed by atoms with E-state index in [0.717, 1.165) is 23.3 Å². The molecule has 3 nitrogen and oxygen atoms in total. The first-order chi connectivity index (χ1) is 7.58. The minimum Gasteiger partial charge on any atom is -0.480 e. The van der Waals surface area contributed by atoms with E-state index in [-0.39, 0.29) is 12.0 Å². The van der Waals surface area contributed by atoms with E-state index in [4.69, 9.17) is 0 Å². The van der Waals surface area contributed by atoms with Gasteiger partial charge in [-0.25, -0.2) is 0 Å². The second kappa shape index (κ2) is 4.85. The van der Waals surface area contributed by atoms with E-state index < -0.39 is 5.97 Å². The molecule has 2 atom stereocenters. The summed E-state index contributed by atoms with van der Waals surface area (Å²) in [5, 5.41) is 11.3. The molecule has 1 aliphatic rings. The predicted molar refractivity (Wildman–Crippen MR) is 67.6 cm³/mol. The molecule has 1 saturated heterocycles. The van der Waals surface area contributed by atoms with Gasteiger partial charge in [0.1, 0.15) is 6.04 Å². The Labute approximate surface area is 107 Å². The maximum Gasteiger partial charge on any atom is 0.321 e. The van der Waals surface area contributed by atoms with Crippen LogP contribution >= 0.6 is 27.3 Å². The van der Waals surface area contributed by atoms with Crippen molar-refractivity contribution in [1.29, 1.82) is 0 Å². The molecule has 0 aromatic carbocycles. The van der Waals surface area contributed by atoms with Gasteiger partial charge >= 0.3 is 5.97 Å². The van der Waals surface area contributed by atoms with E-state index in [2.05, 4.69) is 32.3 Å². The second-order valence-corrected chi connectivity index (χ2v) is 6.57. The Kier molecular flexibility index (Phi) is 3.66. The Hall–Kier alpha value is -0.390. The maximum atomic E-state index is 11.2. The lowest BCUT2D eigenvalue weighted by Gasteiger charge is -2.22. The van der Waals surface area contributed by atoms with Gasteiger partial charge in [-0.3, -0.25) is 9.69 Å². The normalized spacial score (nSPS) is 26.1. The molecule has 0 bridgehead atoms. The Bertz CT molecular complexity index is 393. The van der Waals surface area contributed by atoms with Crippen LogP contribution in [0.5, 0.6) is 0 Å². The number of carboxylic acid groups (broad SMARTS) is 1. The standard InChI is InChI=1S/C11H14BrNO2S/c1-7-2-3-13(10(7)11(14)15)5-8-4-9(12)16-6-8/h4,6-7,10H,2-3,5H2,1H3,(H,14,15). The van der Waals surface area contributed by atoms with Gasteiger partial charge in [-0.2, -0.15) is 0 Å². The third kappa shape index (κ3) is 2.47. The van der Waals surface area contributed by atoms with Crippen molar-refractivity contribution in [3.63, 3.8) is 0 Å². The molecule has 88 valence electrons. The Morgan fingerprint density at radius 2 is 2.50 bits per heavy atom. The number of carbonyl (C=O) groups is 1. The molecule has 2 unspecified atom stereocenters. The first-order valence-corrected chi connectivity index (χ1v) is 6.95. The van der Waals surface area contributed by atoms with Gasteiger partial charge in [0, 0.05) is 6.54 Å². The van der Waals surface area contributed by atoms with Crippen molar-refractivity contribution in [2.24, 2.45) is 5.92 Å². The van der Waals surface area contributed by atoms with Crippen LogP contribution < -0.4 is 0 Å². The summed E-state index contributed by atoms with van der Waals surface area (Å²) in [5.74, 6) is -0.445. The van der Waals surface area contributed by atoms with Crippen LogP contribution in [0.1, 0.15) is 18.9 Å². The van der Waals surface area contributed by atoms with Crippen LogP contribution in [0.25, 0.3) is 0 Å². The van der Waals surface area contributed by atoms with Gasteiger partial charge < -0.3 is 5.11 Å². The molecule has 1 N–H and O–H groups in total. The fourth-order valence-electron chi connectivity index (χ4n) is 2.27. The molecule has 16 heavy (non-hydrogen) atoms. The zero-order valence-electron chi connectivity index (χ0n) is 9.02. The smallest absolute Gasteiger partial charge is 0.321 e. The minimum atomic E-state index is -0.695. The third-order valence-corrected chi connectivity index (χ3v) is 4.62. The summed E-state index contributed by atoms with van der Waals surface area (Å²) in [6, 6.07) is 1.74. The molecule has 0 radical (unpaired) electrons. The average molecular weight is 304 g/mol. The molecule has 0 saturated carbocycles. The largest absolute Gasteiger partial charge is 0.480 e. The quantitative estimate of drug-likeness (QED) is 0.933. The molecule has 1 fully saturated rings. The van der Waals surface area contributed by atoms with Gasteiger partial charge in [-0.15, -0.1) is 11.3 Å². The van der Waals surface area contributed by atoms with Crippen LogP contribution in [0.3, 0.4) is 0 Å². The summed E-state index contributed by atoms with van der Waals surface area (Å²) < 4.78 is 1.10. The van der Waals surface area contributed by atoms with E-state index in [0.29, 0.717) is 0 Å². The van der Waals surface area contributed by atoms with Crippen LogP contribution in [0, 0.1) is 5.92 Å². The molecular formula is C11H14BrNO2S. The Morgan fingerprint density at radius 1 is 1.75 bits per heavy atom. The number of hydrogen-bond donors (Lipinski definition) is 1. The van der Waals surface area contributed by atoms with Crippen LogP contribution in [0.2, 0.25) is 0 Å². The average Bonchev–Trinajstić information content (AvgIpc) is 2.74. The van der Waals surface area contributed by atoms with Gasteiger partial charge in [0.25, 0.3) is 0 Å². The van der Waals surface area contributed by atoms with E-state index in [1.165, 1.54) is 5.56 Å². The molecule has 2 rings (SSSR count). The number of halogens is 1. The van der Waals surface area contributed by atoms with Crippen molar-refractivity contribution in [1.82, 2.24) is 4.90 Å². The number of carboxylic acids is 1. The van der Waals surface area contributed by atoms with E-state index in [1.807, 2.05) is 6.92 Å². The zero-order chi connectivity index (χ0) is 11.7. The number of rotatable bonds is 3. The molecule has 0 spiro atoms. The van der Waals surface area contributed by atoms with Gasteiger partial charge in [0.05, 0.1) is 3.79 Å². The van der Waals surface area contributed by atoms with Crippen LogP contribution in [0.15, 0.2) is 15.2 Å². The Morgan fingerprint density at radius 3 is 3.06 bits per heavy atom. The van der Waals surface area contributed by atoms with Crippen molar-refractivity contribution < 1.29 is 9.90 Å². The molecule has 1 aromatic rings. The molecule has 1 aromatic heterocycles. The third-order valence-electron chi connectivity index (χ3n) is 3.06. The number of aliphatic carboxylic acids is 1. The molecular weight excluding hydrogens is 290 g/mol. The maximum absolute atomic E-state index is 11.2. The molecule has 0 aliphatic carbocycles. The monoisotopic (exact) mass is 303 g/mol. The highest BCUT2D eigenvalue weighted by Gasteiger charge is 2.36. The highest BCUT2D eigenvalue weighted by atomic mass is 79.9. The lowest BCUT2D eigenvalue weighted by Crippen LogP contribution is -2.38. The lowest BCUT2D eigenvalue weighted by molar-refractivity contribution is -0.143. The van der Waals surface area contributed by atoms with Crippen molar-refractivity contribution in [2.75, 3.05) is 6.54 Å².